The van der Waals surface area contributed by atoms with E-state index in [1.165, 1.54) is 51.4 Å². The number of rotatable bonds is 28. The molecule has 0 spiro atoms. The first-order chi connectivity index (χ1) is 26.6. The van der Waals surface area contributed by atoms with Crippen molar-refractivity contribution in [2.75, 3.05) is 6.61 Å². The topological polar surface area (TPSA) is 185 Å². The van der Waals surface area contributed by atoms with Crippen molar-refractivity contribution in [3.8, 4) is 0 Å². The molecule has 4 heterocycles. The number of carbonyl (C=O) groups is 1. The first-order valence-electron chi connectivity index (χ1n) is 22.4. The molecule has 0 aromatic heterocycles. The van der Waals surface area contributed by atoms with Crippen molar-refractivity contribution in [3.05, 3.63) is 0 Å². The molecule has 4 aliphatic rings. The minimum atomic E-state index is -1.62. The van der Waals surface area contributed by atoms with Gasteiger partial charge in [-0.05, 0) is 77.6 Å². The summed E-state index contributed by atoms with van der Waals surface area (Å²) in [6.07, 6.45) is 16.0. The largest absolute Gasteiger partial charge is 0.462 e. The van der Waals surface area contributed by atoms with Crippen molar-refractivity contribution in [1.82, 2.24) is 0 Å². The monoisotopic (exact) mass is 787 g/mol. The number of esters is 1. The maximum atomic E-state index is 11.8. The van der Waals surface area contributed by atoms with Gasteiger partial charge in [-0.25, -0.2) is 0 Å². The van der Waals surface area contributed by atoms with E-state index in [1.807, 2.05) is 6.92 Å². The summed E-state index contributed by atoms with van der Waals surface area (Å²) in [5, 5.41) is 62.0. The lowest BCUT2D eigenvalue weighted by molar-refractivity contribution is -0.291. The summed E-state index contributed by atoms with van der Waals surface area (Å²) in [4.78, 5) is 11.8. The van der Waals surface area contributed by atoms with Crippen molar-refractivity contribution < 1.29 is 59.1 Å². The maximum Gasteiger partial charge on any atom is 0.309 e. The number of hydrogen-bond donors (Lipinski definition) is 6. The van der Waals surface area contributed by atoms with Gasteiger partial charge in [-0.2, -0.15) is 0 Å². The summed E-state index contributed by atoms with van der Waals surface area (Å²) in [5.74, 6) is 0.118. The van der Waals surface area contributed by atoms with Gasteiger partial charge in [0.2, 0.25) is 0 Å². The van der Waals surface area contributed by atoms with Gasteiger partial charge in [-0.15, -0.1) is 0 Å². The molecule has 4 fully saturated rings. The Morgan fingerprint density at radius 2 is 1.24 bits per heavy atom. The highest BCUT2D eigenvalue weighted by molar-refractivity contribution is 5.74. The van der Waals surface area contributed by atoms with E-state index >= 15 is 0 Å². The van der Waals surface area contributed by atoms with Crippen LogP contribution in [0.5, 0.6) is 0 Å². The van der Waals surface area contributed by atoms with Crippen LogP contribution in [0.15, 0.2) is 0 Å². The van der Waals surface area contributed by atoms with E-state index in [0.717, 1.165) is 96.3 Å². The summed E-state index contributed by atoms with van der Waals surface area (Å²) in [7, 11) is 0. The molecule has 55 heavy (non-hydrogen) atoms. The van der Waals surface area contributed by atoms with Crippen molar-refractivity contribution in [2.45, 2.75) is 254 Å². The summed E-state index contributed by atoms with van der Waals surface area (Å²) in [5.41, 5.74) is 0. The summed E-state index contributed by atoms with van der Waals surface area (Å²) < 4.78 is 29.8. The third-order valence-corrected chi connectivity index (χ3v) is 12.6. The smallest absolute Gasteiger partial charge is 0.309 e. The molecule has 1 unspecified atom stereocenters. The van der Waals surface area contributed by atoms with E-state index in [-0.39, 0.29) is 61.2 Å². The van der Waals surface area contributed by atoms with Crippen LogP contribution < -0.4 is 0 Å². The molecule has 12 nitrogen and oxygen atoms in total. The summed E-state index contributed by atoms with van der Waals surface area (Å²) >= 11 is 0. The number of aliphatic hydroxyl groups excluding tert-OH is 6. The summed E-state index contributed by atoms with van der Waals surface area (Å²) in [6.45, 7) is 4.06. The van der Waals surface area contributed by atoms with Crippen molar-refractivity contribution in [2.24, 2.45) is 5.92 Å². The van der Waals surface area contributed by atoms with Gasteiger partial charge >= 0.3 is 5.97 Å². The normalized spacial score (nSPS) is 34.3. The highest BCUT2D eigenvalue weighted by Crippen LogP contribution is 2.36. The zero-order valence-corrected chi connectivity index (χ0v) is 34.1. The van der Waals surface area contributed by atoms with E-state index in [2.05, 4.69) is 6.92 Å². The molecule has 4 aliphatic heterocycles. The standard InChI is InChI=1S/C43H78O12/c1-3-4-5-15-19-31(44)20-17-22-34(51-28-38-39(46)40(47)41(48)43(50)55-38)35-25-26-37(54-35)36-24-23-33(53-36)32(45)21-16-13-11-9-7-6-8-10-12-14-18-30-27-29(2)52-42(30)49/h29-41,43-48,50H,3-28H2,1-2H3/t29-,30?,31-,32+,33+,34-,35+,36+,37+,38+,39+,40-,41+,43+/m0/s1. The molecule has 14 atom stereocenters. The Balaban J connectivity index is 1.09. The second-order valence-electron chi connectivity index (χ2n) is 17.3. The van der Waals surface area contributed by atoms with Crippen LogP contribution in [0.2, 0.25) is 0 Å². The van der Waals surface area contributed by atoms with E-state index in [0.29, 0.717) is 12.8 Å². The highest BCUT2D eigenvalue weighted by atomic mass is 16.7. The van der Waals surface area contributed by atoms with Crippen LogP contribution >= 0.6 is 0 Å². The fourth-order valence-corrected chi connectivity index (χ4v) is 9.07. The van der Waals surface area contributed by atoms with Crippen LogP contribution in [0.1, 0.15) is 174 Å². The zero-order valence-electron chi connectivity index (χ0n) is 34.1. The number of cyclic esters (lactones) is 1. The third-order valence-electron chi connectivity index (χ3n) is 12.6. The van der Waals surface area contributed by atoms with Gasteiger partial charge in [0.25, 0.3) is 0 Å². The van der Waals surface area contributed by atoms with Gasteiger partial charge in [0, 0.05) is 0 Å². The van der Waals surface area contributed by atoms with Gasteiger partial charge in [0.05, 0.1) is 61.4 Å². The molecule has 0 aromatic rings. The fourth-order valence-electron chi connectivity index (χ4n) is 9.07. The molecular formula is C43H78O12. The molecular weight excluding hydrogens is 708 g/mol. The molecule has 0 aromatic carbocycles. The lowest BCUT2D eigenvalue weighted by Crippen LogP contribution is -2.58. The second kappa shape index (κ2) is 25.5. The number of hydrogen-bond acceptors (Lipinski definition) is 12. The summed E-state index contributed by atoms with van der Waals surface area (Å²) in [6, 6.07) is 0. The van der Waals surface area contributed by atoms with Crippen molar-refractivity contribution >= 4 is 5.97 Å². The Morgan fingerprint density at radius 1 is 0.655 bits per heavy atom. The lowest BCUT2D eigenvalue weighted by Gasteiger charge is -2.39. The Morgan fingerprint density at radius 3 is 1.89 bits per heavy atom. The molecule has 4 rings (SSSR count). The molecule has 4 saturated heterocycles. The van der Waals surface area contributed by atoms with E-state index < -0.39 is 36.8 Å². The Labute approximate surface area is 331 Å². The molecule has 322 valence electrons. The van der Waals surface area contributed by atoms with E-state index in [1.54, 1.807) is 0 Å². The van der Waals surface area contributed by atoms with Crippen LogP contribution in [0.3, 0.4) is 0 Å². The number of unbranched alkanes of at least 4 members (excludes halogenated alkanes) is 12. The molecule has 0 bridgehead atoms. The molecule has 0 radical (unpaired) electrons. The van der Waals surface area contributed by atoms with E-state index in [4.69, 9.17) is 23.7 Å². The van der Waals surface area contributed by atoms with Crippen LogP contribution in [0.4, 0.5) is 0 Å². The predicted molar refractivity (Wildman–Crippen MR) is 208 cm³/mol. The fraction of sp³-hybridized carbons (Fsp3) is 0.977. The highest BCUT2D eigenvalue weighted by Gasteiger charge is 2.45. The SMILES string of the molecule is CCCCCC[C@H](O)CCC[C@H](OC[C@H]1O[C@@H](O)[C@H](O)[C@@H](O)[C@@H]1O)[C@H]1CC[C@H]([C@H]2CC[C@H]([C@H](O)CCCCCCCCCCCCC3C[C@H](C)OC3=O)O2)O1. The minimum Gasteiger partial charge on any atom is -0.462 e. The Hall–Kier alpha value is -0.930. The van der Waals surface area contributed by atoms with Crippen LogP contribution in [0, 0.1) is 5.92 Å². The molecule has 12 heteroatoms. The molecule has 0 amide bonds. The number of aliphatic hydroxyl groups is 6. The molecule has 0 aliphatic carbocycles. The zero-order chi connectivity index (χ0) is 39.6. The number of carbonyl (C=O) groups excluding carboxylic acids is 1. The van der Waals surface area contributed by atoms with Gasteiger partial charge in [-0.1, -0.05) is 96.8 Å². The van der Waals surface area contributed by atoms with Crippen LogP contribution in [-0.2, 0) is 28.5 Å². The Bertz CT molecular complexity index is 1030. The van der Waals surface area contributed by atoms with Crippen LogP contribution in [0.25, 0.3) is 0 Å². The van der Waals surface area contributed by atoms with Gasteiger partial charge in [-0.3, -0.25) is 4.79 Å². The first-order valence-corrected chi connectivity index (χ1v) is 22.4. The van der Waals surface area contributed by atoms with Gasteiger partial charge < -0.3 is 54.3 Å². The maximum absolute atomic E-state index is 11.8. The first kappa shape index (κ1) is 46.8. The van der Waals surface area contributed by atoms with Gasteiger partial charge in [0.15, 0.2) is 6.29 Å². The Kier molecular flexibility index (Phi) is 21.7. The lowest BCUT2D eigenvalue weighted by atomic mass is 9.97. The van der Waals surface area contributed by atoms with Crippen molar-refractivity contribution in [1.29, 1.82) is 0 Å². The van der Waals surface area contributed by atoms with E-state index in [9.17, 15) is 35.4 Å². The average molecular weight is 787 g/mol. The predicted octanol–water partition coefficient (Wildman–Crippen LogP) is 5.76. The average Bonchev–Trinajstić information content (AvgIpc) is 3.93. The van der Waals surface area contributed by atoms with Crippen molar-refractivity contribution in [3.63, 3.8) is 0 Å². The van der Waals surface area contributed by atoms with Crippen LogP contribution in [-0.4, -0.2) is 123 Å². The number of ether oxygens (including phenoxy) is 5. The second-order valence-corrected chi connectivity index (χ2v) is 17.3. The quantitative estimate of drug-likeness (QED) is 0.0417. The molecule has 0 saturated carbocycles. The minimum absolute atomic E-state index is 0.00198. The van der Waals surface area contributed by atoms with Gasteiger partial charge in [0.1, 0.15) is 24.4 Å². The molecule has 6 N–H and O–H groups in total. The third kappa shape index (κ3) is 16.0.